The van der Waals surface area contributed by atoms with Gasteiger partial charge in [-0.1, -0.05) is 156 Å². The van der Waals surface area contributed by atoms with E-state index in [9.17, 15) is 56.0 Å². The Morgan fingerprint density at radius 2 is 1.20 bits per heavy atom. The van der Waals surface area contributed by atoms with E-state index in [1.54, 1.807) is 43.1 Å². The van der Waals surface area contributed by atoms with Crippen LogP contribution in [0.15, 0.2) is 181 Å². The molecule has 2 saturated heterocycles. The van der Waals surface area contributed by atoms with Crippen LogP contribution >= 0.6 is 46.4 Å². The monoisotopic (exact) mass is 1930 g/mol. The van der Waals surface area contributed by atoms with Gasteiger partial charge in [-0.05, 0) is 191 Å². The fraction of sp³-hybridized carbons (Fsp3) is 0.347. The van der Waals surface area contributed by atoms with Crippen LogP contribution in [0.3, 0.4) is 0 Å². The number of hydrogen-bond acceptors (Lipinski definition) is 26. The number of azide groups is 1. The topological polar surface area (TPSA) is 554 Å². The third kappa shape index (κ3) is 23.2. The molecule has 40 heteroatoms. The summed E-state index contributed by atoms with van der Waals surface area (Å²) in [6.45, 7) is 5.18. The lowest BCUT2D eigenvalue weighted by atomic mass is 9.89. The summed E-state index contributed by atoms with van der Waals surface area (Å²) in [7, 11) is 1.68. The number of phenolic OH excluding ortho intramolecular Hbond substituents is 3. The maximum absolute atomic E-state index is 16.6. The molecule has 11 bridgehead atoms. The number of benzene rings is 9. The lowest BCUT2D eigenvalue weighted by Gasteiger charge is -2.45. The van der Waals surface area contributed by atoms with E-state index in [0.717, 1.165) is 88.0 Å². The second-order valence-electron chi connectivity index (χ2n) is 33.9. The van der Waals surface area contributed by atoms with E-state index in [1.807, 2.05) is 86.6 Å². The van der Waals surface area contributed by atoms with Gasteiger partial charge in [0.1, 0.15) is 89.4 Å². The third-order valence-electron chi connectivity index (χ3n) is 23.9. The minimum atomic E-state index is -2.39. The highest BCUT2D eigenvalue weighted by molar-refractivity contribution is 6.32. The molecule has 16 rings (SSSR count). The number of phenols is 3. The number of nitrogens with zero attached hydrogens (tertiary/aromatic N) is 4. The molecule has 9 aromatic rings. The molecule has 135 heavy (non-hydrogen) atoms. The van der Waals surface area contributed by atoms with E-state index >= 15 is 28.8 Å². The molecule has 0 aliphatic carbocycles. The van der Waals surface area contributed by atoms with Crippen molar-refractivity contribution in [2.24, 2.45) is 22.5 Å². The van der Waals surface area contributed by atoms with E-state index in [0.29, 0.717) is 22.9 Å². The molecule has 7 heterocycles. The number of halogens is 4. The van der Waals surface area contributed by atoms with Crippen molar-refractivity contribution in [1.29, 1.82) is 0 Å². The number of nitrogens with two attached hydrogens (primary N) is 2. The van der Waals surface area contributed by atoms with Crippen LogP contribution in [0, 0.1) is 5.92 Å². The molecule has 0 spiro atoms. The summed E-state index contributed by atoms with van der Waals surface area (Å²) in [5.74, 6) is -14.9. The van der Waals surface area contributed by atoms with Crippen LogP contribution < -0.4 is 68.2 Å². The molecule has 0 radical (unpaired) electrons. The molecule has 2 fully saturated rings. The van der Waals surface area contributed by atoms with Crippen molar-refractivity contribution in [2.45, 2.75) is 176 Å². The molecule has 0 aromatic heterocycles. The van der Waals surface area contributed by atoms with Crippen molar-refractivity contribution in [3.05, 3.63) is 245 Å². The van der Waals surface area contributed by atoms with Gasteiger partial charge < -0.3 is 123 Å². The van der Waals surface area contributed by atoms with Crippen LogP contribution in [0.1, 0.15) is 122 Å². The second kappa shape index (κ2) is 43.5. The fourth-order valence-electron chi connectivity index (χ4n) is 16.7. The highest BCUT2D eigenvalue weighted by atomic mass is 35.5. The van der Waals surface area contributed by atoms with Crippen molar-refractivity contribution >= 4 is 93.7 Å². The van der Waals surface area contributed by atoms with E-state index < -0.39 is 232 Å². The molecule has 7 aliphatic heterocycles. The number of rotatable bonds is 25. The molecular formula is C95H100Cl4N14O22. The number of aliphatic hydroxyl groups is 5. The van der Waals surface area contributed by atoms with Crippen molar-refractivity contribution < 1.29 is 108 Å². The molecule has 8 amide bonds. The zero-order chi connectivity index (χ0) is 96.5. The van der Waals surface area contributed by atoms with E-state index in [4.69, 9.17) is 86.3 Å². The normalized spacial score (nSPS) is 24.3. The van der Waals surface area contributed by atoms with Crippen molar-refractivity contribution in [1.82, 2.24) is 47.4 Å². The van der Waals surface area contributed by atoms with Crippen LogP contribution in [0.2, 0.25) is 20.1 Å². The third-order valence-corrected chi connectivity index (χ3v) is 25.0. The first-order valence-corrected chi connectivity index (χ1v) is 44.9. The van der Waals surface area contributed by atoms with Gasteiger partial charge in [-0.25, -0.2) is 0 Å². The van der Waals surface area contributed by atoms with Gasteiger partial charge in [0, 0.05) is 64.2 Å². The highest BCUT2D eigenvalue weighted by Crippen LogP contribution is 2.50. The lowest BCUT2D eigenvalue weighted by molar-refractivity contribution is -0.327. The van der Waals surface area contributed by atoms with Gasteiger partial charge in [-0.3, -0.25) is 43.3 Å². The van der Waals surface area contributed by atoms with Crippen molar-refractivity contribution in [3.8, 4) is 79.4 Å². The Morgan fingerprint density at radius 3 is 1.79 bits per heavy atom. The van der Waals surface area contributed by atoms with E-state index in [2.05, 4.69) is 52.6 Å². The summed E-state index contributed by atoms with van der Waals surface area (Å²) in [5.41, 5.74) is 24.2. The van der Waals surface area contributed by atoms with Gasteiger partial charge in [-0.15, -0.1) is 0 Å². The number of unbranched alkanes of at least 4 members (excludes halogenated alkanes) is 1. The van der Waals surface area contributed by atoms with Gasteiger partial charge in [0.2, 0.25) is 59.3 Å². The number of aliphatic hydroxyl groups excluding tert-OH is 5. The molecular weight excluding hydrogens is 1830 g/mol. The average Bonchev–Trinajstić information content (AvgIpc) is 0.761. The van der Waals surface area contributed by atoms with Crippen molar-refractivity contribution in [2.75, 3.05) is 26.7 Å². The first-order chi connectivity index (χ1) is 64.6. The number of amides is 8. The summed E-state index contributed by atoms with van der Waals surface area (Å²) < 4.78 is 40.1. The number of likely N-dealkylation sites (N-methyl/N-ethyl adjacent to an activating group) is 1. The van der Waals surface area contributed by atoms with Gasteiger partial charge >= 0.3 is 0 Å². The Bertz CT molecular complexity index is 5950. The minimum Gasteiger partial charge on any atom is -0.508 e. The number of primary amides is 1. The maximum atomic E-state index is 16.6. The highest BCUT2D eigenvalue weighted by Gasteiger charge is 2.51. The number of aromatic hydroxyl groups is 3. The molecule has 10 unspecified atom stereocenters. The predicted molar refractivity (Wildman–Crippen MR) is 494 cm³/mol. The predicted octanol–water partition coefficient (Wildman–Crippen LogP) is 9.19. The number of fused-ring (bicyclic) bond motifs is 15. The van der Waals surface area contributed by atoms with Crippen LogP contribution in [0.25, 0.3) is 43.8 Å². The summed E-state index contributed by atoms with van der Waals surface area (Å²) in [6.07, 6.45) is -18.0. The Labute approximate surface area is 793 Å². The SMILES string of the molecule is CC(C)C[C@H](C(=O)N[C@H]1C(=O)N[C@@H](CC(N)=O)C(=O)N[C@H]2C(=O)NC3C(=O)N[C@H](C(=O)N[C@@H](C(=O)NCCCCN)c4cc(O)cc(O)c4-c4cc3ccc4O)[C@H](O)c3ccc(c(Cl)c3)Oc3cc2cc(c3OC2OC(CN=[N+]=[N-])C(O)C(O)C2OC2CC(NCc3ccc(-c4ccc(Cl)cc4)cc3)C(O)C(C)O2)Oc2ccc(cc2Cl)[C@H]1O)N(C)Cc1ccc(-c2ccc(Cl)cc2)cc1. The Morgan fingerprint density at radius 1 is 0.622 bits per heavy atom. The number of carbonyl (C=O) groups excluding carboxylic acids is 8. The maximum Gasteiger partial charge on any atom is 0.248 e. The minimum absolute atomic E-state index is 0.0369. The smallest absolute Gasteiger partial charge is 0.248 e. The molecule has 0 saturated carbocycles. The van der Waals surface area contributed by atoms with E-state index in [1.165, 1.54) is 24.3 Å². The van der Waals surface area contributed by atoms with Crippen molar-refractivity contribution in [3.63, 3.8) is 0 Å². The van der Waals surface area contributed by atoms with Crippen LogP contribution in [0.4, 0.5) is 0 Å². The fourth-order valence-corrected chi connectivity index (χ4v) is 17.4. The molecule has 20 N–H and O–H groups in total. The first kappa shape index (κ1) is 98.6. The Balaban J connectivity index is 0.920. The van der Waals surface area contributed by atoms with Crippen LogP contribution in [-0.4, -0.2) is 199 Å². The average molecular weight is 1930 g/mol. The quantitative estimate of drug-likeness (QED) is 0.0110. The largest absolute Gasteiger partial charge is 0.508 e. The standard InChI is InChI=1S/C95H100Cl4N14O22/c1-44(2)31-65(113(4)43-47-9-13-49(14-10-47)51-17-24-57(97)25-18-51)89(124)110-79-82(119)53-20-27-68(61(98)33-53)131-70-35-55-36-71(86(70)135-95-87(85(122)84(121)72(133-95)42-105-112-102)134-74-40-63(81(118)45(3)130-74)104-41-46-7-11-48(12-8-46)50-15-22-56(96)23-16-50)132-69-28-21-54(34-62(69)99)83(120)80-94(129)109-78(90(125)103-30-6-5-29-100)60-37-58(114)38-67(116)75(60)59-32-52(19-26-66(59)115)76(91(126)111-80)108-92(127)77(55)107-88(123)64(39-73(101)117)106-93(79)128/h7-28,32-38,44-45,63-65,72,74,76-85,87,95,104,114-116,118-122H,5-6,29-31,39-43,100H2,1-4H3,(H2,101,117)(H,103,125)(H,106,128)(H,107,123)(H,108,127)(H,109,129)(H,110,124)(H,111,126)/t45?,63?,64-,65+,72?,74?,76?,77+,78+,79+,80-,81?,82+,83+,84?,85?,87?,95?/m0/s1. The Kier molecular flexibility index (Phi) is 31.8. The molecule has 7 aliphatic rings. The van der Waals surface area contributed by atoms with Gasteiger partial charge in [0.25, 0.3) is 0 Å². The van der Waals surface area contributed by atoms with Gasteiger partial charge in [0.15, 0.2) is 23.9 Å². The van der Waals surface area contributed by atoms with Crippen LogP contribution in [0.5, 0.6) is 46.0 Å². The number of hydrogen-bond donors (Lipinski definition) is 18. The zero-order valence-corrected chi connectivity index (χ0v) is 76.1. The molecule has 18 atom stereocenters. The number of carbonyl (C=O) groups is 8. The number of nitrogens with one attached hydrogen (secondary N) is 8. The summed E-state index contributed by atoms with van der Waals surface area (Å²) in [6, 6.07) is 29.1. The molecule has 710 valence electrons. The summed E-state index contributed by atoms with van der Waals surface area (Å²) in [5, 5.41) is 123. The Hall–Kier alpha value is -12.4. The molecule has 36 nitrogen and oxygen atoms in total. The van der Waals surface area contributed by atoms with Crippen LogP contribution in [-0.2, 0) is 65.7 Å². The van der Waals surface area contributed by atoms with Gasteiger partial charge in [0.05, 0.1) is 47.4 Å². The first-order valence-electron chi connectivity index (χ1n) is 43.4. The zero-order valence-electron chi connectivity index (χ0n) is 73.0. The molecule has 9 aromatic carbocycles. The second-order valence-corrected chi connectivity index (χ2v) is 35.6. The van der Waals surface area contributed by atoms with Gasteiger partial charge in [-0.2, -0.15) is 0 Å². The summed E-state index contributed by atoms with van der Waals surface area (Å²) in [4.78, 5) is 128. The van der Waals surface area contributed by atoms with E-state index in [-0.39, 0.29) is 78.0 Å². The lowest BCUT2D eigenvalue weighted by Crippen LogP contribution is -2.62. The summed E-state index contributed by atoms with van der Waals surface area (Å²) >= 11 is 27.0. The number of ether oxygens (including phenoxy) is 6.